The van der Waals surface area contributed by atoms with Crippen LogP contribution in [0.2, 0.25) is 0 Å². The van der Waals surface area contributed by atoms with Gasteiger partial charge in [0.25, 0.3) is 0 Å². The van der Waals surface area contributed by atoms with E-state index in [-0.39, 0.29) is 24.0 Å². The first-order valence-corrected chi connectivity index (χ1v) is 13.0. The molecule has 0 radical (unpaired) electrons. The van der Waals surface area contributed by atoms with Gasteiger partial charge in [0.05, 0.1) is 34.5 Å². The SMILES string of the molecule is COc1ccc(C(=O)C(Br)c2ccc(OC)nc2)cc1.COc1ccc(C(=O)C(N)c2ccc(OC)nc2)cc1.Cl. The van der Waals surface area contributed by atoms with E-state index in [0.29, 0.717) is 34.2 Å². The van der Waals surface area contributed by atoms with Crippen molar-refractivity contribution in [3.63, 3.8) is 0 Å². The number of aromatic nitrogens is 2. The summed E-state index contributed by atoms with van der Waals surface area (Å²) in [6.07, 6.45) is 3.17. The number of hydrogen-bond acceptors (Lipinski definition) is 9. The van der Waals surface area contributed by atoms with Gasteiger partial charge in [-0.3, -0.25) is 9.59 Å². The van der Waals surface area contributed by atoms with Gasteiger partial charge in [0, 0.05) is 35.7 Å². The number of carbonyl (C=O) groups excluding carboxylic acids is 2. The molecule has 0 saturated heterocycles. The summed E-state index contributed by atoms with van der Waals surface area (Å²) < 4.78 is 20.1. The minimum Gasteiger partial charge on any atom is -0.497 e. The fraction of sp³-hybridized carbons (Fsp3) is 0.200. The molecule has 0 spiro atoms. The minimum absolute atomic E-state index is 0. The van der Waals surface area contributed by atoms with Crippen LogP contribution >= 0.6 is 28.3 Å². The van der Waals surface area contributed by atoms with Crippen molar-refractivity contribution in [3.05, 3.63) is 107 Å². The highest BCUT2D eigenvalue weighted by molar-refractivity contribution is 9.09. The summed E-state index contributed by atoms with van der Waals surface area (Å²) in [5, 5.41) is 0. The second-order valence-corrected chi connectivity index (χ2v) is 9.21. The molecule has 11 heteroatoms. The predicted octanol–water partition coefficient (Wildman–Crippen LogP) is 5.82. The zero-order valence-electron chi connectivity index (χ0n) is 22.9. The third kappa shape index (κ3) is 9.01. The number of pyridine rings is 2. The molecular formula is C30H31BrClN3O6. The zero-order valence-corrected chi connectivity index (χ0v) is 25.3. The number of Topliss-reactive ketones (excluding diaryl/α,β-unsaturated/α-hetero) is 2. The predicted molar refractivity (Wildman–Crippen MR) is 162 cm³/mol. The van der Waals surface area contributed by atoms with Crippen LogP contribution in [-0.2, 0) is 0 Å². The van der Waals surface area contributed by atoms with E-state index in [1.807, 2.05) is 6.07 Å². The van der Waals surface area contributed by atoms with E-state index in [2.05, 4.69) is 25.9 Å². The Morgan fingerprint density at radius 3 is 1.41 bits per heavy atom. The number of ether oxygens (including phenoxy) is 4. The number of nitrogens with two attached hydrogens (primary N) is 1. The van der Waals surface area contributed by atoms with Gasteiger partial charge in [0.2, 0.25) is 11.8 Å². The Bertz CT molecular complexity index is 1280. The molecule has 41 heavy (non-hydrogen) atoms. The van der Waals surface area contributed by atoms with Crippen LogP contribution in [0, 0.1) is 0 Å². The van der Waals surface area contributed by atoms with Gasteiger partial charge in [-0.15, -0.1) is 12.4 Å². The van der Waals surface area contributed by atoms with E-state index in [1.54, 1.807) is 100 Å². The number of alkyl halides is 1. The second kappa shape index (κ2) is 16.3. The maximum Gasteiger partial charge on any atom is 0.212 e. The van der Waals surface area contributed by atoms with Crippen LogP contribution in [0.25, 0.3) is 0 Å². The Labute approximate surface area is 253 Å². The number of carbonyl (C=O) groups is 2. The highest BCUT2D eigenvalue weighted by Gasteiger charge is 2.20. The van der Waals surface area contributed by atoms with Gasteiger partial charge >= 0.3 is 0 Å². The molecule has 2 heterocycles. The van der Waals surface area contributed by atoms with E-state index < -0.39 is 10.9 Å². The number of benzene rings is 2. The van der Waals surface area contributed by atoms with Crippen LogP contribution < -0.4 is 24.7 Å². The lowest BCUT2D eigenvalue weighted by Gasteiger charge is -2.11. The number of hydrogen-bond donors (Lipinski definition) is 1. The van der Waals surface area contributed by atoms with Gasteiger partial charge in [0.1, 0.15) is 16.3 Å². The Hall–Kier alpha value is -3.99. The number of nitrogens with zero attached hydrogens (tertiary/aromatic N) is 2. The zero-order chi connectivity index (χ0) is 29.1. The van der Waals surface area contributed by atoms with Gasteiger partial charge in [-0.05, 0) is 59.7 Å². The molecule has 4 aromatic rings. The molecule has 0 bridgehead atoms. The monoisotopic (exact) mass is 643 g/mol. The summed E-state index contributed by atoms with van der Waals surface area (Å²) in [5.41, 5.74) is 8.55. The topological polar surface area (TPSA) is 123 Å². The first-order valence-electron chi connectivity index (χ1n) is 12.1. The van der Waals surface area contributed by atoms with Gasteiger partial charge in [0.15, 0.2) is 11.6 Å². The van der Waals surface area contributed by atoms with E-state index in [9.17, 15) is 9.59 Å². The molecule has 2 atom stereocenters. The first kappa shape index (κ1) is 33.2. The molecule has 2 unspecified atom stereocenters. The summed E-state index contributed by atoms with van der Waals surface area (Å²) in [4.78, 5) is 32.3. The largest absolute Gasteiger partial charge is 0.497 e. The lowest BCUT2D eigenvalue weighted by Crippen LogP contribution is -2.21. The molecule has 2 N–H and O–H groups in total. The molecule has 2 aromatic heterocycles. The van der Waals surface area contributed by atoms with Crippen molar-refractivity contribution < 1.29 is 28.5 Å². The van der Waals surface area contributed by atoms with Gasteiger partial charge in [-0.2, -0.15) is 0 Å². The summed E-state index contributed by atoms with van der Waals surface area (Å²) in [5.74, 6) is 2.22. The van der Waals surface area contributed by atoms with Crippen molar-refractivity contribution in [2.45, 2.75) is 10.9 Å². The third-order valence-electron chi connectivity index (χ3n) is 5.85. The maximum atomic E-state index is 12.4. The highest BCUT2D eigenvalue weighted by Crippen LogP contribution is 2.28. The summed E-state index contributed by atoms with van der Waals surface area (Å²) >= 11 is 3.41. The molecule has 2 aromatic carbocycles. The van der Waals surface area contributed by atoms with Gasteiger partial charge in [-0.25, -0.2) is 9.97 Å². The fourth-order valence-electron chi connectivity index (χ4n) is 3.50. The molecule has 0 amide bonds. The van der Waals surface area contributed by atoms with Crippen molar-refractivity contribution in [1.82, 2.24) is 9.97 Å². The minimum atomic E-state index is -0.748. The average molecular weight is 645 g/mol. The highest BCUT2D eigenvalue weighted by atomic mass is 79.9. The Kier molecular flexibility index (Phi) is 13.2. The quantitative estimate of drug-likeness (QED) is 0.168. The van der Waals surface area contributed by atoms with Crippen LogP contribution in [0.15, 0.2) is 85.2 Å². The fourth-order valence-corrected chi connectivity index (χ4v) is 4.03. The van der Waals surface area contributed by atoms with Crippen molar-refractivity contribution >= 4 is 39.9 Å². The lowest BCUT2D eigenvalue weighted by molar-refractivity contribution is 0.0959. The van der Waals surface area contributed by atoms with Crippen molar-refractivity contribution in [2.75, 3.05) is 28.4 Å². The summed E-state index contributed by atoms with van der Waals surface area (Å²) in [6.45, 7) is 0. The first-order chi connectivity index (χ1) is 19.3. The molecule has 0 aliphatic rings. The number of halogens is 2. The number of methoxy groups -OCH3 is 4. The molecule has 4 rings (SSSR count). The number of rotatable bonds is 10. The third-order valence-corrected chi connectivity index (χ3v) is 6.79. The smallest absolute Gasteiger partial charge is 0.212 e. The Balaban J connectivity index is 0.000000280. The summed E-state index contributed by atoms with van der Waals surface area (Å²) in [7, 11) is 6.25. The van der Waals surface area contributed by atoms with Crippen LogP contribution in [0.5, 0.6) is 23.3 Å². The normalized spacial score (nSPS) is 11.5. The van der Waals surface area contributed by atoms with Crippen LogP contribution in [-0.4, -0.2) is 50.0 Å². The number of ketones is 2. The van der Waals surface area contributed by atoms with Gasteiger partial charge in [-0.1, -0.05) is 28.1 Å². The van der Waals surface area contributed by atoms with Crippen LogP contribution in [0.1, 0.15) is 42.7 Å². The molecule has 0 aliphatic heterocycles. The van der Waals surface area contributed by atoms with Gasteiger partial charge < -0.3 is 24.7 Å². The molecule has 9 nitrogen and oxygen atoms in total. The second-order valence-electron chi connectivity index (χ2n) is 8.29. The molecule has 0 aliphatic carbocycles. The van der Waals surface area contributed by atoms with Crippen LogP contribution in [0.3, 0.4) is 0 Å². The molecular weight excluding hydrogens is 614 g/mol. The van der Waals surface area contributed by atoms with Crippen molar-refractivity contribution in [2.24, 2.45) is 5.73 Å². The van der Waals surface area contributed by atoms with Crippen molar-refractivity contribution in [3.8, 4) is 23.3 Å². The molecule has 0 saturated carbocycles. The molecule has 216 valence electrons. The Morgan fingerprint density at radius 1 is 0.634 bits per heavy atom. The summed E-state index contributed by atoms with van der Waals surface area (Å²) in [6, 6.07) is 20.1. The Morgan fingerprint density at radius 2 is 1.05 bits per heavy atom. The lowest BCUT2D eigenvalue weighted by atomic mass is 9.99. The van der Waals surface area contributed by atoms with E-state index in [4.69, 9.17) is 24.7 Å². The van der Waals surface area contributed by atoms with E-state index in [1.165, 1.54) is 7.11 Å². The van der Waals surface area contributed by atoms with Crippen molar-refractivity contribution in [1.29, 1.82) is 0 Å². The molecule has 0 fully saturated rings. The maximum absolute atomic E-state index is 12.4. The van der Waals surface area contributed by atoms with E-state index >= 15 is 0 Å². The standard InChI is InChI=1S/C15H14BrNO3.C15H16N2O3.ClH/c2*1-19-12-6-3-10(4-7-12)15(18)14(16)11-5-8-13(20-2)17-9-11;/h3-9,14H,1-2H3;3-9,14H,16H2,1-2H3;1H. The van der Waals surface area contributed by atoms with Crippen LogP contribution in [0.4, 0.5) is 0 Å². The average Bonchev–Trinajstić information content (AvgIpc) is 3.03. The van der Waals surface area contributed by atoms with E-state index in [0.717, 1.165) is 11.3 Å².